The van der Waals surface area contributed by atoms with Crippen LogP contribution in [-0.4, -0.2) is 52.8 Å². The third-order valence-corrected chi connectivity index (χ3v) is 3.63. The van der Waals surface area contributed by atoms with Gasteiger partial charge in [-0.15, -0.1) is 11.6 Å². The SMILES string of the molecule is O=C(CCCCl)N1CCN(Cc2ccccn2)CC1. The number of rotatable bonds is 5. The van der Waals surface area contributed by atoms with Gasteiger partial charge in [-0.25, -0.2) is 0 Å². The van der Waals surface area contributed by atoms with E-state index in [9.17, 15) is 4.79 Å². The number of hydrogen-bond donors (Lipinski definition) is 0. The van der Waals surface area contributed by atoms with Crippen LogP contribution < -0.4 is 0 Å². The van der Waals surface area contributed by atoms with Gasteiger partial charge < -0.3 is 4.90 Å². The van der Waals surface area contributed by atoms with Crippen LogP contribution in [0.1, 0.15) is 18.5 Å². The Balaban J connectivity index is 1.75. The highest BCUT2D eigenvalue weighted by Gasteiger charge is 2.20. The van der Waals surface area contributed by atoms with Crippen LogP contribution in [-0.2, 0) is 11.3 Å². The van der Waals surface area contributed by atoms with Crippen LogP contribution in [0.3, 0.4) is 0 Å². The lowest BCUT2D eigenvalue weighted by Gasteiger charge is -2.34. The van der Waals surface area contributed by atoms with E-state index in [2.05, 4.69) is 9.88 Å². The average Bonchev–Trinajstić information content (AvgIpc) is 2.46. The third-order valence-electron chi connectivity index (χ3n) is 3.36. The van der Waals surface area contributed by atoms with Crippen LogP contribution in [0, 0.1) is 0 Å². The molecular formula is C14H20ClN3O. The van der Waals surface area contributed by atoms with Crippen molar-refractivity contribution in [3.05, 3.63) is 30.1 Å². The van der Waals surface area contributed by atoms with E-state index in [1.54, 1.807) is 0 Å². The Kier molecular flexibility index (Phi) is 5.61. The summed E-state index contributed by atoms with van der Waals surface area (Å²) in [7, 11) is 0. The summed E-state index contributed by atoms with van der Waals surface area (Å²) in [5.74, 6) is 0.795. The van der Waals surface area contributed by atoms with Gasteiger partial charge in [-0.3, -0.25) is 14.7 Å². The molecule has 2 heterocycles. The molecule has 1 aliphatic rings. The van der Waals surface area contributed by atoms with Crippen molar-refractivity contribution in [1.29, 1.82) is 0 Å². The van der Waals surface area contributed by atoms with Crippen LogP contribution >= 0.6 is 11.6 Å². The van der Waals surface area contributed by atoms with Crippen molar-refractivity contribution in [3.8, 4) is 0 Å². The number of hydrogen-bond acceptors (Lipinski definition) is 3. The van der Waals surface area contributed by atoms with E-state index in [4.69, 9.17) is 11.6 Å². The molecule has 19 heavy (non-hydrogen) atoms. The van der Waals surface area contributed by atoms with Crippen molar-refractivity contribution in [1.82, 2.24) is 14.8 Å². The van der Waals surface area contributed by atoms with Gasteiger partial charge in [0.1, 0.15) is 0 Å². The molecule has 1 aromatic heterocycles. The third kappa shape index (κ3) is 4.48. The van der Waals surface area contributed by atoms with Crippen LogP contribution in [0.2, 0.25) is 0 Å². The number of pyridine rings is 1. The second-order valence-electron chi connectivity index (χ2n) is 4.77. The quantitative estimate of drug-likeness (QED) is 0.772. The van der Waals surface area contributed by atoms with E-state index in [0.29, 0.717) is 12.3 Å². The van der Waals surface area contributed by atoms with Crippen LogP contribution in [0.15, 0.2) is 24.4 Å². The van der Waals surface area contributed by atoms with Crippen molar-refractivity contribution in [2.75, 3.05) is 32.1 Å². The molecule has 0 unspecified atom stereocenters. The Hall–Kier alpha value is -1.13. The van der Waals surface area contributed by atoms with Gasteiger partial charge in [0, 0.05) is 51.2 Å². The van der Waals surface area contributed by atoms with Gasteiger partial charge in [0.25, 0.3) is 0 Å². The maximum atomic E-state index is 11.9. The Morgan fingerprint density at radius 1 is 1.26 bits per heavy atom. The van der Waals surface area contributed by atoms with Gasteiger partial charge in [0.15, 0.2) is 0 Å². The summed E-state index contributed by atoms with van der Waals surface area (Å²) in [4.78, 5) is 20.5. The van der Waals surface area contributed by atoms with Crippen molar-refractivity contribution in [2.45, 2.75) is 19.4 Å². The van der Waals surface area contributed by atoms with E-state index in [1.807, 2.05) is 29.3 Å². The summed E-state index contributed by atoms with van der Waals surface area (Å²) in [5.41, 5.74) is 1.09. The van der Waals surface area contributed by atoms with Crippen LogP contribution in [0.5, 0.6) is 0 Å². The standard InChI is InChI=1S/C14H20ClN3O/c15-6-3-5-14(19)18-10-8-17(9-11-18)12-13-4-1-2-7-16-13/h1-2,4,7H,3,5-6,8-12H2. The lowest BCUT2D eigenvalue weighted by atomic mass is 10.2. The molecule has 1 aromatic rings. The molecule has 0 atom stereocenters. The number of aromatic nitrogens is 1. The van der Waals surface area contributed by atoms with E-state index in [0.717, 1.165) is 44.8 Å². The molecule has 0 N–H and O–H groups in total. The highest BCUT2D eigenvalue weighted by atomic mass is 35.5. The van der Waals surface area contributed by atoms with Crippen LogP contribution in [0.4, 0.5) is 0 Å². The highest BCUT2D eigenvalue weighted by Crippen LogP contribution is 2.08. The molecule has 5 heteroatoms. The number of alkyl halides is 1. The molecule has 0 aromatic carbocycles. The van der Waals surface area contributed by atoms with E-state index < -0.39 is 0 Å². The first kappa shape index (κ1) is 14.3. The van der Waals surface area contributed by atoms with Crippen molar-refractivity contribution < 1.29 is 4.79 Å². The smallest absolute Gasteiger partial charge is 0.222 e. The second-order valence-corrected chi connectivity index (χ2v) is 5.15. The topological polar surface area (TPSA) is 36.4 Å². The molecular weight excluding hydrogens is 262 g/mol. The predicted molar refractivity (Wildman–Crippen MR) is 76.0 cm³/mol. The molecule has 0 bridgehead atoms. The number of carbonyl (C=O) groups excluding carboxylic acids is 1. The summed E-state index contributed by atoms with van der Waals surface area (Å²) in [6.07, 6.45) is 3.17. The zero-order valence-corrected chi connectivity index (χ0v) is 11.9. The van der Waals surface area contributed by atoms with E-state index in [-0.39, 0.29) is 5.91 Å². The molecule has 1 saturated heterocycles. The number of piperazine rings is 1. The molecule has 2 rings (SSSR count). The summed E-state index contributed by atoms with van der Waals surface area (Å²) in [5, 5.41) is 0. The zero-order valence-electron chi connectivity index (χ0n) is 11.1. The molecule has 1 fully saturated rings. The second kappa shape index (κ2) is 7.46. The minimum Gasteiger partial charge on any atom is -0.340 e. The Morgan fingerprint density at radius 2 is 2.05 bits per heavy atom. The first-order valence-electron chi connectivity index (χ1n) is 6.75. The Morgan fingerprint density at radius 3 is 2.68 bits per heavy atom. The summed E-state index contributed by atoms with van der Waals surface area (Å²) in [6, 6.07) is 5.98. The van der Waals surface area contributed by atoms with Gasteiger partial charge in [-0.1, -0.05) is 6.07 Å². The van der Waals surface area contributed by atoms with Crippen molar-refractivity contribution in [3.63, 3.8) is 0 Å². The molecule has 4 nitrogen and oxygen atoms in total. The first-order valence-corrected chi connectivity index (χ1v) is 7.29. The lowest BCUT2D eigenvalue weighted by molar-refractivity contribution is -0.133. The summed E-state index contributed by atoms with van der Waals surface area (Å²) in [6.45, 7) is 4.33. The molecule has 0 aliphatic carbocycles. The van der Waals surface area contributed by atoms with Crippen molar-refractivity contribution >= 4 is 17.5 Å². The molecule has 0 radical (unpaired) electrons. The van der Waals surface area contributed by atoms with Gasteiger partial charge in [0.2, 0.25) is 5.91 Å². The fraction of sp³-hybridized carbons (Fsp3) is 0.571. The normalized spacial score (nSPS) is 16.6. The molecule has 0 saturated carbocycles. The molecule has 104 valence electrons. The Labute approximate surface area is 119 Å². The molecule has 1 aliphatic heterocycles. The molecule has 1 amide bonds. The molecule has 0 spiro atoms. The van der Waals surface area contributed by atoms with Gasteiger partial charge >= 0.3 is 0 Å². The maximum absolute atomic E-state index is 11.9. The fourth-order valence-electron chi connectivity index (χ4n) is 2.25. The minimum absolute atomic E-state index is 0.234. The monoisotopic (exact) mass is 281 g/mol. The van der Waals surface area contributed by atoms with Gasteiger partial charge in [-0.2, -0.15) is 0 Å². The lowest BCUT2D eigenvalue weighted by Crippen LogP contribution is -2.48. The van der Waals surface area contributed by atoms with Gasteiger partial charge in [-0.05, 0) is 18.6 Å². The van der Waals surface area contributed by atoms with Gasteiger partial charge in [0.05, 0.1) is 5.69 Å². The number of halogens is 1. The zero-order chi connectivity index (χ0) is 13.5. The van der Waals surface area contributed by atoms with Crippen LogP contribution in [0.25, 0.3) is 0 Å². The number of amides is 1. The largest absolute Gasteiger partial charge is 0.340 e. The first-order chi connectivity index (χ1) is 9.29. The highest BCUT2D eigenvalue weighted by molar-refractivity contribution is 6.17. The van der Waals surface area contributed by atoms with Crippen molar-refractivity contribution in [2.24, 2.45) is 0 Å². The van der Waals surface area contributed by atoms with E-state index >= 15 is 0 Å². The predicted octanol–water partition coefficient (Wildman–Crippen LogP) is 1.74. The minimum atomic E-state index is 0.234. The maximum Gasteiger partial charge on any atom is 0.222 e. The van der Waals surface area contributed by atoms with E-state index in [1.165, 1.54) is 0 Å². The summed E-state index contributed by atoms with van der Waals surface area (Å²) >= 11 is 5.61. The number of carbonyl (C=O) groups is 1. The fourth-order valence-corrected chi connectivity index (χ4v) is 2.39. The average molecular weight is 282 g/mol. The number of nitrogens with zero attached hydrogens (tertiary/aromatic N) is 3. The Bertz CT molecular complexity index is 391. The summed E-state index contributed by atoms with van der Waals surface area (Å²) < 4.78 is 0.